The van der Waals surface area contributed by atoms with Crippen LogP contribution in [-0.4, -0.2) is 0 Å². The van der Waals surface area contributed by atoms with Crippen LogP contribution in [0.1, 0.15) is 28.5 Å². The third-order valence-corrected chi connectivity index (χ3v) is 4.29. The fourth-order valence-electron chi connectivity index (χ4n) is 3.44. The molecule has 1 aromatic rings. The number of hydrogen-bond donors (Lipinski definition) is 0. The van der Waals surface area contributed by atoms with E-state index in [9.17, 15) is 0 Å². The molecule has 4 atom stereocenters. The summed E-state index contributed by atoms with van der Waals surface area (Å²) in [5.41, 5.74) is 3.62. The van der Waals surface area contributed by atoms with E-state index in [2.05, 4.69) is 42.5 Å². The molecule has 0 fully saturated rings. The van der Waals surface area contributed by atoms with Gasteiger partial charge in [-0.3, -0.25) is 0 Å². The lowest BCUT2D eigenvalue weighted by Crippen LogP contribution is -2.37. The van der Waals surface area contributed by atoms with Gasteiger partial charge in [-0.05, 0) is 35.1 Å². The Balaban J connectivity index is 1.95. The van der Waals surface area contributed by atoms with Crippen molar-refractivity contribution in [3.8, 4) is 6.07 Å². The predicted octanol–water partition coefficient (Wildman–Crippen LogP) is 3.11. The van der Waals surface area contributed by atoms with Gasteiger partial charge in [-0.2, -0.15) is 5.26 Å². The maximum atomic E-state index is 8.96. The van der Waals surface area contributed by atoms with Crippen LogP contribution in [0.5, 0.6) is 0 Å². The fourth-order valence-corrected chi connectivity index (χ4v) is 3.44. The van der Waals surface area contributed by atoms with E-state index in [1.807, 2.05) is 6.07 Å². The molecule has 0 heterocycles. The molecule has 0 unspecified atom stereocenters. The molecule has 0 aliphatic heterocycles. The first-order valence-electron chi connectivity index (χ1n) is 5.79. The van der Waals surface area contributed by atoms with Crippen LogP contribution >= 0.6 is 0 Å². The van der Waals surface area contributed by atoms with E-state index in [0.717, 1.165) is 11.5 Å². The minimum atomic E-state index is 0.517. The lowest BCUT2D eigenvalue weighted by Gasteiger charge is -2.48. The van der Waals surface area contributed by atoms with Crippen molar-refractivity contribution in [3.05, 3.63) is 59.2 Å². The molecule has 0 N–H and O–H groups in total. The molecule has 76 valence electrons. The van der Waals surface area contributed by atoms with Crippen molar-refractivity contribution in [1.29, 1.82) is 5.26 Å². The Labute approximate surface area is 94.7 Å². The van der Waals surface area contributed by atoms with Crippen LogP contribution in [0.15, 0.2) is 42.5 Å². The molecule has 0 saturated heterocycles. The second-order valence-corrected chi connectivity index (χ2v) is 4.93. The van der Waals surface area contributed by atoms with Crippen molar-refractivity contribution in [1.82, 2.24) is 0 Å². The van der Waals surface area contributed by atoms with Crippen LogP contribution in [0.3, 0.4) is 0 Å². The third-order valence-electron chi connectivity index (χ3n) is 4.29. The first kappa shape index (κ1) is 8.35. The molecule has 0 radical (unpaired) electrons. The molecule has 1 heteroatoms. The molecule has 0 spiro atoms. The van der Waals surface area contributed by atoms with Crippen LogP contribution < -0.4 is 0 Å². The summed E-state index contributed by atoms with van der Waals surface area (Å²) in [7, 11) is 0. The maximum Gasteiger partial charge on any atom is 0.0991 e. The first-order valence-corrected chi connectivity index (χ1v) is 5.79. The standard InChI is InChI=1S/C15H11N/c16-8-9-1-2-13-11-5-6-14(15(13)7-9)12-4-3-10(11)12/h1-7,10-12,14H/t10-,11+,12+,14+/m1/s1. The van der Waals surface area contributed by atoms with E-state index in [-0.39, 0.29) is 0 Å². The van der Waals surface area contributed by atoms with Gasteiger partial charge in [-0.15, -0.1) is 0 Å². The van der Waals surface area contributed by atoms with Crippen LogP contribution in [0.4, 0.5) is 0 Å². The number of benzene rings is 1. The van der Waals surface area contributed by atoms with Crippen molar-refractivity contribution >= 4 is 0 Å². The summed E-state index contributed by atoms with van der Waals surface area (Å²) in [6.45, 7) is 0. The summed E-state index contributed by atoms with van der Waals surface area (Å²) in [6.07, 6.45) is 9.35. The van der Waals surface area contributed by atoms with Gasteiger partial charge in [0.1, 0.15) is 0 Å². The molecular formula is C15H11N. The Morgan fingerprint density at radius 2 is 1.56 bits per heavy atom. The number of allylic oxidation sites excluding steroid dienone is 4. The van der Waals surface area contributed by atoms with Gasteiger partial charge in [-0.25, -0.2) is 0 Å². The van der Waals surface area contributed by atoms with Crippen molar-refractivity contribution in [2.75, 3.05) is 0 Å². The third kappa shape index (κ3) is 0.818. The van der Waals surface area contributed by atoms with Gasteiger partial charge in [0.25, 0.3) is 0 Å². The fraction of sp³-hybridized carbons (Fsp3) is 0.267. The summed E-state index contributed by atoms with van der Waals surface area (Å²) in [5.74, 6) is 2.48. The van der Waals surface area contributed by atoms with E-state index in [0.29, 0.717) is 17.8 Å². The molecule has 0 saturated carbocycles. The molecule has 1 aromatic carbocycles. The van der Waals surface area contributed by atoms with E-state index in [4.69, 9.17) is 5.26 Å². The van der Waals surface area contributed by atoms with Gasteiger partial charge in [-0.1, -0.05) is 30.4 Å². The lowest BCUT2D eigenvalue weighted by atomic mass is 9.55. The molecule has 0 aromatic heterocycles. The highest BCUT2D eigenvalue weighted by atomic mass is 14.5. The van der Waals surface area contributed by atoms with Crippen molar-refractivity contribution < 1.29 is 0 Å². The van der Waals surface area contributed by atoms with Gasteiger partial charge in [0.2, 0.25) is 0 Å². The van der Waals surface area contributed by atoms with Crippen molar-refractivity contribution in [2.24, 2.45) is 11.8 Å². The lowest BCUT2D eigenvalue weighted by molar-refractivity contribution is 0.317. The van der Waals surface area contributed by atoms with E-state index >= 15 is 0 Å². The highest BCUT2D eigenvalue weighted by Crippen LogP contribution is 2.56. The first-order chi connectivity index (χ1) is 7.88. The van der Waals surface area contributed by atoms with Crippen LogP contribution in [0.2, 0.25) is 0 Å². The smallest absolute Gasteiger partial charge is 0.0991 e. The van der Waals surface area contributed by atoms with Crippen molar-refractivity contribution in [2.45, 2.75) is 11.8 Å². The Hall–Kier alpha value is -1.81. The Morgan fingerprint density at radius 1 is 0.875 bits per heavy atom. The average Bonchev–Trinajstić information content (AvgIpc) is 2.29. The van der Waals surface area contributed by atoms with Gasteiger partial charge >= 0.3 is 0 Å². The zero-order chi connectivity index (χ0) is 10.7. The second kappa shape index (κ2) is 2.65. The Kier molecular flexibility index (Phi) is 1.38. The minimum Gasteiger partial charge on any atom is -0.192 e. The van der Waals surface area contributed by atoms with Gasteiger partial charge < -0.3 is 0 Å². The number of nitrogens with zero attached hydrogens (tertiary/aromatic N) is 1. The summed E-state index contributed by atoms with van der Waals surface area (Å²) in [4.78, 5) is 0. The van der Waals surface area contributed by atoms with Gasteiger partial charge in [0.15, 0.2) is 0 Å². The highest BCUT2D eigenvalue weighted by molar-refractivity contribution is 5.53. The zero-order valence-corrected chi connectivity index (χ0v) is 8.80. The molecule has 4 aliphatic carbocycles. The monoisotopic (exact) mass is 205 g/mol. The highest BCUT2D eigenvalue weighted by Gasteiger charge is 2.45. The molecule has 5 rings (SSSR count). The summed E-state index contributed by atoms with van der Waals surface area (Å²) >= 11 is 0. The van der Waals surface area contributed by atoms with Crippen molar-refractivity contribution in [3.63, 3.8) is 0 Å². The minimum absolute atomic E-state index is 0.517. The quantitative estimate of drug-likeness (QED) is 0.597. The topological polar surface area (TPSA) is 23.8 Å². The number of hydrogen-bond acceptors (Lipinski definition) is 1. The summed E-state index contributed by atoms with van der Waals surface area (Å²) in [5, 5.41) is 8.96. The Morgan fingerprint density at radius 3 is 2.19 bits per heavy atom. The molecule has 2 bridgehead atoms. The average molecular weight is 205 g/mol. The molecule has 1 nitrogen and oxygen atoms in total. The molecular weight excluding hydrogens is 194 g/mol. The summed E-state index contributed by atoms with van der Waals surface area (Å²) in [6, 6.07) is 8.42. The predicted molar refractivity (Wildman–Crippen MR) is 61.9 cm³/mol. The van der Waals surface area contributed by atoms with Crippen LogP contribution in [0, 0.1) is 23.2 Å². The van der Waals surface area contributed by atoms with E-state index < -0.39 is 0 Å². The van der Waals surface area contributed by atoms with E-state index in [1.54, 1.807) is 0 Å². The zero-order valence-electron chi connectivity index (χ0n) is 8.80. The van der Waals surface area contributed by atoms with Crippen LogP contribution in [0.25, 0.3) is 0 Å². The van der Waals surface area contributed by atoms with Gasteiger partial charge in [0.05, 0.1) is 11.6 Å². The molecule has 4 aliphatic rings. The van der Waals surface area contributed by atoms with Crippen LogP contribution in [-0.2, 0) is 0 Å². The largest absolute Gasteiger partial charge is 0.192 e. The maximum absolute atomic E-state index is 8.96. The summed E-state index contributed by atoms with van der Waals surface area (Å²) < 4.78 is 0. The van der Waals surface area contributed by atoms with Gasteiger partial charge in [0, 0.05) is 11.8 Å². The Bertz CT molecular complexity index is 574. The number of rotatable bonds is 0. The number of nitriles is 1. The SMILES string of the molecule is N#Cc1ccc2c(c1)[C@H]1C=C[C@H]2[C@H]2C=C[C@@H]21. The normalized spacial score (nSPS) is 36.2. The van der Waals surface area contributed by atoms with E-state index in [1.165, 1.54) is 11.1 Å². The second-order valence-electron chi connectivity index (χ2n) is 4.93. The molecule has 16 heavy (non-hydrogen) atoms. The molecule has 0 amide bonds.